The molecule has 0 spiro atoms. The van der Waals surface area contributed by atoms with Crippen molar-refractivity contribution in [1.29, 1.82) is 0 Å². The summed E-state index contributed by atoms with van der Waals surface area (Å²) >= 11 is 2.58. The van der Waals surface area contributed by atoms with Gasteiger partial charge in [0.05, 0.1) is 12.3 Å². The van der Waals surface area contributed by atoms with Gasteiger partial charge in [0.25, 0.3) is 0 Å². The lowest BCUT2D eigenvalue weighted by Gasteiger charge is -2.06. The molecule has 0 saturated carbocycles. The minimum absolute atomic E-state index is 0.0968. The van der Waals surface area contributed by atoms with Crippen LogP contribution >= 0.6 is 23.1 Å². The maximum Gasteiger partial charge on any atom is 0.313 e. The maximum atomic E-state index is 10.6. The summed E-state index contributed by atoms with van der Waals surface area (Å²) < 4.78 is 1.69. The van der Waals surface area contributed by atoms with E-state index in [-0.39, 0.29) is 12.4 Å². The van der Waals surface area contributed by atoms with E-state index >= 15 is 0 Å². The van der Waals surface area contributed by atoms with Gasteiger partial charge in [-0.3, -0.25) is 9.36 Å². The minimum atomic E-state index is -0.921. The Bertz CT molecular complexity index is 581. The van der Waals surface area contributed by atoms with Crippen LogP contribution < -0.4 is 0 Å². The molecule has 0 aliphatic carbocycles. The standard InChI is InChI=1S/C10H12N4O3S2/c1-6-4-18-8(11-6)2-14-7(3-15)12-13-10(14)19-5-9(16)17/h4,15H,2-3,5H2,1H3,(H,16,17). The Morgan fingerprint density at radius 2 is 2.32 bits per heavy atom. The summed E-state index contributed by atoms with van der Waals surface area (Å²) in [6, 6.07) is 0. The molecule has 0 aliphatic rings. The van der Waals surface area contributed by atoms with E-state index < -0.39 is 5.97 Å². The van der Waals surface area contributed by atoms with Crippen LogP contribution in [0.4, 0.5) is 0 Å². The zero-order valence-electron chi connectivity index (χ0n) is 10.1. The van der Waals surface area contributed by atoms with Gasteiger partial charge in [0.2, 0.25) is 0 Å². The molecule has 2 aromatic heterocycles. The number of nitrogens with zero attached hydrogens (tertiary/aromatic N) is 4. The first-order valence-corrected chi connectivity index (χ1v) is 7.25. The average molecular weight is 300 g/mol. The molecule has 0 fully saturated rings. The molecule has 2 aromatic rings. The van der Waals surface area contributed by atoms with Gasteiger partial charge < -0.3 is 10.2 Å². The summed E-state index contributed by atoms with van der Waals surface area (Å²) in [4.78, 5) is 14.9. The van der Waals surface area contributed by atoms with Crippen molar-refractivity contribution in [2.75, 3.05) is 5.75 Å². The Hall–Kier alpha value is -1.45. The number of aromatic nitrogens is 4. The first-order chi connectivity index (χ1) is 9.10. The first kappa shape index (κ1) is 14.0. The lowest BCUT2D eigenvalue weighted by molar-refractivity contribution is -0.133. The van der Waals surface area contributed by atoms with Gasteiger partial charge in [-0.05, 0) is 6.92 Å². The van der Waals surface area contributed by atoms with Crippen molar-refractivity contribution in [3.05, 3.63) is 21.9 Å². The van der Waals surface area contributed by atoms with Crippen molar-refractivity contribution in [3.8, 4) is 0 Å². The monoisotopic (exact) mass is 300 g/mol. The van der Waals surface area contributed by atoms with E-state index in [0.717, 1.165) is 22.5 Å². The van der Waals surface area contributed by atoms with Crippen LogP contribution in [0.25, 0.3) is 0 Å². The molecule has 0 saturated heterocycles. The van der Waals surface area contributed by atoms with Crippen LogP contribution in [0.3, 0.4) is 0 Å². The number of aliphatic hydroxyl groups excluding tert-OH is 1. The molecule has 9 heteroatoms. The number of hydrogen-bond acceptors (Lipinski definition) is 7. The lowest BCUT2D eigenvalue weighted by atomic mass is 10.5. The quantitative estimate of drug-likeness (QED) is 0.759. The van der Waals surface area contributed by atoms with Crippen molar-refractivity contribution >= 4 is 29.1 Å². The van der Waals surface area contributed by atoms with Gasteiger partial charge in [-0.1, -0.05) is 11.8 Å². The Labute approximate surface area is 117 Å². The number of carbonyl (C=O) groups is 1. The van der Waals surface area contributed by atoms with Gasteiger partial charge in [-0.25, -0.2) is 4.98 Å². The summed E-state index contributed by atoms with van der Waals surface area (Å²) in [5.74, 6) is -0.614. The fourth-order valence-corrected chi connectivity index (χ4v) is 2.87. The molecule has 0 aliphatic heterocycles. The predicted octanol–water partition coefficient (Wildman–Crippen LogP) is 0.760. The van der Waals surface area contributed by atoms with Crippen molar-refractivity contribution in [3.63, 3.8) is 0 Å². The second kappa shape index (κ2) is 6.13. The molecule has 19 heavy (non-hydrogen) atoms. The highest BCUT2D eigenvalue weighted by Gasteiger charge is 2.14. The maximum absolute atomic E-state index is 10.6. The van der Waals surface area contributed by atoms with Gasteiger partial charge in [0, 0.05) is 11.1 Å². The molecular formula is C10H12N4O3S2. The molecule has 102 valence electrons. The van der Waals surface area contributed by atoms with Crippen molar-refractivity contribution in [2.45, 2.75) is 25.2 Å². The second-order valence-corrected chi connectivity index (χ2v) is 5.59. The van der Waals surface area contributed by atoms with Crippen molar-refractivity contribution < 1.29 is 15.0 Å². The highest BCUT2D eigenvalue weighted by atomic mass is 32.2. The third-order valence-electron chi connectivity index (χ3n) is 2.22. The summed E-state index contributed by atoms with van der Waals surface area (Å²) in [7, 11) is 0. The zero-order chi connectivity index (χ0) is 13.8. The van der Waals surface area contributed by atoms with Gasteiger partial charge in [-0.2, -0.15) is 0 Å². The number of rotatable bonds is 6. The van der Waals surface area contributed by atoms with E-state index in [1.165, 1.54) is 11.3 Å². The lowest BCUT2D eigenvalue weighted by Crippen LogP contribution is -2.08. The molecule has 2 heterocycles. The number of carboxylic acids is 1. The fourth-order valence-electron chi connectivity index (χ4n) is 1.44. The highest BCUT2D eigenvalue weighted by Crippen LogP contribution is 2.20. The molecule has 2 N–H and O–H groups in total. The average Bonchev–Trinajstić information content (AvgIpc) is 2.94. The number of thiazole rings is 1. The van der Waals surface area contributed by atoms with Crippen LogP contribution in [0.1, 0.15) is 16.5 Å². The topological polar surface area (TPSA) is 101 Å². The summed E-state index contributed by atoms with van der Waals surface area (Å²) in [5, 5.41) is 28.9. The normalized spacial score (nSPS) is 10.8. The molecule has 0 aromatic carbocycles. The first-order valence-electron chi connectivity index (χ1n) is 5.38. The van der Waals surface area contributed by atoms with Crippen LogP contribution in [0.15, 0.2) is 10.5 Å². The summed E-state index contributed by atoms with van der Waals surface area (Å²) in [6.07, 6.45) is 0. The van der Waals surface area contributed by atoms with Crippen molar-refractivity contribution in [1.82, 2.24) is 19.7 Å². The van der Waals surface area contributed by atoms with Crippen LogP contribution in [0.2, 0.25) is 0 Å². The third kappa shape index (κ3) is 3.52. The van der Waals surface area contributed by atoms with Crippen LogP contribution in [0, 0.1) is 6.92 Å². The molecule has 7 nitrogen and oxygen atoms in total. The number of carboxylic acid groups (broad SMARTS) is 1. The van der Waals surface area contributed by atoms with Crippen molar-refractivity contribution in [2.24, 2.45) is 0 Å². The molecule has 0 bridgehead atoms. The molecule has 0 amide bonds. The van der Waals surface area contributed by atoms with E-state index in [9.17, 15) is 9.90 Å². The summed E-state index contributed by atoms with van der Waals surface area (Å²) in [5.41, 5.74) is 0.929. The number of aryl methyl sites for hydroxylation is 1. The zero-order valence-corrected chi connectivity index (χ0v) is 11.7. The van der Waals surface area contributed by atoms with Gasteiger partial charge in [0.15, 0.2) is 11.0 Å². The largest absolute Gasteiger partial charge is 0.481 e. The number of thioether (sulfide) groups is 1. The molecule has 0 radical (unpaired) electrons. The molecule has 2 rings (SSSR count). The number of hydrogen-bond donors (Lipinski definition) is 2. The summed E-state index contributed by atoms with van der Waals surface area (Å²) in [6.45, 7) is 2.09. The highest BCUT2D eigenvalue weighted by molar-refractivity contribution is 7.99. The SMILES string of the molecule is Cc1csc(Cn2c(CO)nnc2SCC(=O)O)n1. The van der Waals surface area contributed by atoms with E-state index in [1.54, 1.807) is 4.57 Å². The molecule has 0 atom stereocenters. The molecular weight excluding hydrogens is 288 g/mol. The molecule has 0 unspecified atom stereocenters. The Morgan fingerprint density at radius 1 is 1.53 bits per heavy atom. The van der Waals surface area contributed by atoms with E-state index in [1.807, 2.05) is 12.3 Å². The number of aliphatic hydroxyl groups is 1. The van der Waals surface area contributed by atoms with Gasteiger partial charge >= 0.3 is 5.97 Å². The van der Waals surface area contributed by atoms with Gasteiger partial charge in [0.1, 0.15) is 11.6 Å². The predicted molar refractivity (Wildman–Crippen MR) is 70.3 cm³/mol. The Morgan fingerprint density at radius 3 is 2.89 bits per heavy atom. The van der Waals surface area contributed by atoms with E-state index in [0.29, 0.717) is 17.5 Å². The third-order valence-corrected chi connectivity index (χ3v) is 4.12. The Balaban J connectivity index is 2.20. The second-order valence-electron chi connectivity index (χ2n) is 3.71. The van der Waals surface area contributed by atoms with E-state index in [4.69, 9.17) is 5.11 Å². The van der Waals surface area contributed by atoms with Gasteiger partial charge in [-0.15, -0.1) is 21.5 Å². The fraction of sp³-hybridized carbons (Fsp3) is 0.400. The Kier molecular flexibility index (Phi) is 4.51. The smallest absolute Gasteiger partial charge is 0.313 e. The van der Waals surface area contributed by atoms with E-state index in [2.05, 4.69) is 15.2 Å². The van der Waals surface area contributed by atoms with Crippen LogP contribution in [-0.2, 0) is 17.9 Å². The van der Waals surface area contributed by atoms with Crippen LogP contribution in [-0.4, -0.2) is 41.7 Å². The number of aliphatic carboxylic acids is 1. The minimum Gasteiger partial charge on any atom is -0.481 e. The van der Waals surface area contributed by atoms with Crippen LogP contribution in [0.5, 0.6) is 0 Å².